The third-order valence-corrected chi connectivity index (χ3v) is 6.32. The molecule has 0 heterocycles. The number of hydrazone groups is 1. The molecule has 1 aromatic rings. The van der Waals surface area contributed by atoms with Crippen molar-refractivity contribution in [3.63, 3.8) is 0 Å². The highest BCUT2D eigenvalue weighted by Gasteiger charge is 2.50. The van der Waals surface area contributed by atoms with Gasteiger partial charge in [-0.25, -0.2) is 13.6 Å². The summed E-state index contributed by atoms with van der Waals surface area (Å²) in [6, 6.07) is 3.42. The highest BCUT2D eigenvalue weighted by molar-refractivity contribution is 7.89. The second kappa shape index (κ2) is 5.92. The van der Waals surface area contributed by atoms with Crippen LogP contribution in [-0.2, 0) is 10.0 Å². The minimum atomic E-state index is -4.01. The molecule has 1 saturated carbocycles. The number of nitro benzene ring substituents is 1. The second-order valence-corrected chi connectivity index (χ2v) is 8.66. The van der Waals surface area contributed by atoms with E-state index in [1.807, 2.05) is 0 Å². The number of nitrogens with two attached hydrogens (primary N) is 1. The number of nitrogens with zero attached hydrogens (tertiary/aromatic N) is 2. The number of nitrogens with one attached hydrogen (secondary N) is 1. The molecule has 4 rings (SSSR count). The van der Waals surface area contributed by atoms with Crippen LogP contribution in [-0.4, -0.2) is 19.6 Å². The maximum Gasteiger partial charge on any atom is 0.295 e. The Morgan fingerprint density at radius 3 is 2.72 bits per heavy atom. The normalized spacial score (nSPS) is 24.5. The van der Waals surface area contributed by atoms with E-state index in [1.54, 1.807) is 6.21 Å². The summed E-state index contributed by atoms with van der Waals surface area (Å²) in [5.74, 6) is 1.17. The average molecular weight is 364 g/mol. The van der Waals surface area contributed by atoms with Crippen LogP contribution in [0.15, 0.2) is 39.8 Å². The van der Waals surface area contributed by atoms with Gasteiger partial charge in [-0.1, -0.05) is 19.9 Å². The van der Waals surface area contributed by atoms with Gasteiger partial charge in [-0.15, -0.1) is 0 Å². The molecule has 25 heavy (non-hydrogen) atoms. The van der Waals surface area contributed by atoms with Gasteiger partial charge in [-0.05, 0) is 47.8 Å². The van der Waals surface area contributed by atoms with E-state index in [0.717, 1.165) is 30.4 Å². The van der Waals surface area contributed by atoms with Gasteiger partial charge in [0.25, 0.3) is 5.69 Å². The first-order valence-corrected chi connectivity index (χ1v) is 9.45. The first-order valence-electron chi connectivity index (χ1n) is 7.91. The van der Waals surface area contributed by atoms with Crippen LogP contribution in [0.2, 0.25) is 0 Å². The fourth-order valence-electron chi connectivity index (χ4n) is 3.66. The van der Waals surface area contributed by atoms with Crippen molar-refractivity contribution in [2.45, 2.75) is 31.6 Å². The summed E-state index contributed by atoms with van der Waals surface area (Å²) in [5.41, 5.74) is 3.74. The van der Waals surface area contributed by atoms with Crippen molar-refractivity contribution in [1.82, 2.24) is 0 Å². The number of rotatable bonds is 5. The molecule has 0 spiro atoms. The molecule has 3 aliphatic rings. The highest BCUT2D eigenvalue weighted by Crippen LogP contribution is 2.58. The quantitative estimate of drug-likeness (QED) is 0.471. The van der Waals surface area contributed by atoms with Gasteiger partial charge in [0.1, 0.15) is 5.69 Å². The van der Waals surface area contributed by atoms with Gasteiger partial charge >= 0.3 is 0 Å². The van der Waals surface area contributed by atoms with Crippen LogP contribution < -0.4 is 10.6 Å². The number of hydrogen-bond donors (Lipinski definition) is 2. The number of primary sulfonamides is 1. The van der Waals surface area contributed by atoms with E-state index in [1.165, 1.54) is 12.1 Å². The molecular weight excluding hydrogens is 344 g/mol. The minimum absolute atomic E-state index is 0.107. The summed E-state index contributed by atoms with van der Waals surface area (Å²) in [4.78, 5) is 10.2. The Bertz CT molecular complexity index is 889. The number of allylic oxidation sites excluding steroid dienone is 2. The molecule has 2 atom stereocenters. The molecule has 0 radical (unpaired) electrons. The van der Waals surface area contributed by atoms with Gasteiger partial charge in [0.15, 0.2) is 0 Å². The lowest BCUT2D eigenvalue weighted by Crippen LogP contribution is -2.48. The molecular formula is C16H20N4O4S. The lowest BCUT2D eigenvalue weighted by molar-refractivity contribution is -0.384. The van der Waals surface area contributed by atoms with Gasteiger partial charge in [0.05, 0.1) is 16.0 Å². The Morgan fingerprint density at radius 2 is 2.16 bits per heavy atom. The van der Waals surface area contributed by atoms with Crippen molar-refractivity contribution in [2.75, 3.05) is 5.43 Å². The van der Waals surface area contributed by atoms with Gasteiger partial charge in [0, 0.05) is 6.07 Å². The Labute approximate surface area is 146 Å². The van der Waals surface area contributed by atoms with E-state index in [0.29, 0.717) is 5.92 Å². The summed E-state index contributed by atoms with van der Waals surface area (Å²) in [6.45, 7) is 4.49. The van der Waals surface area contributed by atoms with Crippen molar-refractivity contribution in [2.24, 2.45) is 27.5 Å². The third kappa shape index (κ3) is 3.16. The molecule has 0 aliphatic heterocycles. The van der Waals surface area contributed by atoms with Crippen LogP contribution in [0.4, 0.5) is 11.4 Å². The van der Waals surface area contributed by atoms with Crippen LogP contribution in [0.1, 0.15) is 26.7 Å². The SMILES string of the molecule is CC1(C)[C@H]2CC=C(/C=N\Nc3ccc(S(N)(=O)=O)cc3[N+](=O)[O-])[C@@H]1C2. The van der Waals surface area contributed by atoms with Gasteiger partial charge in [0.2, 0.25) is 10.0 Å². The lowest BCUT2D eigenvalue weighted by Gasteiger charge is -2.55. The van der Waals surface area contributed by atoms with Gasteiger partial charge < -0.3 is 0 Å². The van der Waals surface area contributed by atoms with E-state index in [9.17, 15) is 18.5 Å². The zero-order valence-corrected chi connectivity index (χ0v) is 14.8. The highest BCUT2D eigenvalue weighted by atomic mass is 32.2. The zero-order chi connectivity index (χ0) is 18.4. The molecule has 134 valence electrons. The summed E-state index contributed by atoms with van der Waals surface area (Å²) < 4.78 is 22.7. The van der Waals surface area contributed by atoms with Crippen LogP contribution in [0.3, 0.4) is 0 Å². The van der Waals surface area contributed by atoms with Crippen molar-refractivity contribution >= 4 is 27.6 Å². The van der Waals surface area contributed by atoms with Crippen molar-refractivity contribution < 1.29 is 13.3 Å². The number of anilines is 1. The first-order chi connectivity index (χ1) is 11.6. The van der Waals surface area contributed by atoms with Gasteiger partial charge in [-0.2, -0.15) is 5.10 Å². The molecule has 0 aromatic heterocycles. The number of nitro groups is 1. The standard InChI is InChI=1S/C16H20N4O4S/c1-16(2)11-4-3-10(13(16)7-11)9-18-19-14-6-5-12(25(17,23)24)8-15(14)20(21)22/h3,5-6,8-9,11,13,19H,4,7H2,1-2H3,(H2,17,23,24)/b18-9-/t11-,13-/m0/s1. The molecule has 1 aromatic carbocycles. The van der Waals surface area contributed by atoms with Crippen molar-refractivity contribution in [1.29, 1.82) is 0 Å². The third-order valence-electron chi connectivity index (χ3n) is 5.40. The fourth-order valence-corrected chi connectivity index (χ4v) is 4.19. The van der Waals surface area contributed by atoms with E-state index in [4.69, 9.17) is 5.14 Å². The van der Waals surface area contributed by atoms with Crippen LogP contribution in [0, 0.1) is 27.4 Å². The Balaban J connectivity index is 1.79. The monoisotopic (exact) mass is 364 g/mol. The molecule has 2 bridgehead atoms. The molecule has 3 aliphatic carbocycles. The van der Waals surface area contributed by atoms with Crippen molar-refractivity contribution in [3.8, 4) is 0 Å². The second-order valence-electron chi connectivity index (χ2n) is 7.10. The van der Waals surface area contributed by atoms with E-state index >= 15 is 0 Å². The maximum atomic E-state index is 11.3. The molecule has 0 amide bonds. The number of sulfonamides is 1. The maximum absolute atomic E-state index is 11.3. The van der Waals surface area contributed by atoms with E-state index in [2.05, 4.69) is 30.5 Å². The summed E-state index contributed by atoms with van der Waals surface area (Å²) >= 11 is 0. The van der Waals surface area contributed by atoms with Crippen molar-refractivity contribution in [3.05, 3.63) is 40.0 Å². The average Bonchev–Trinajstić information content (AvgIpc) is 2.53. The predicted octanol–water partition coefficient (Wildman–Crippen LogP) is 2.63. The predicted molar refractivity (Wildman–Crippen MR) is 94.7 cm³/mol. The number of fused-ring (bicyclic) bond motifs is 1. The summed E-state index contributed by atoms with van der Waals surface area (Å²) in [6.07, 6.45) is 6.02. The Morgan fingerprint density at radius 1 is 1.44 bits per heavy atom. The molecule has 8 nitrogen and oxygen atoms in total. The molecule has 3 N–H and O–H groups in total. The zero-order valence-electron chi connectivity index (χ0n) is 14.0. The Kier molecular flexibility index (Phi) is 4.16. The molecule has 0 unspecified atom stereocenters. The molecule has 9 heteroatoms. The first kappa shape index (κ1) is 17.6. The molecule has 1 fully saturated rings. The number of hydrogen-bond acceptors (Lipinski definition) is 6. The smallest absolute Gasteiger partial charge is 0.272 e. The number of benzene rings is 1. The minimum Gasteiger partial charge on any atom is -0.272 e. The van der Waals surface area contributed by atoms with Crippen LogP contribution in [0.25, 0.3) is 0 Å². The summed E-state index contributed by atoms with van der Waals surface area (Å²) in [5, 5.41) is 20.3. The topological polar surface area (TPSA) is 128 Å². The molecule has 0 saturated heterocycles. The lowest BCUT2D eigenvalue weighted by atomic mass is 9.49. The summed E-state index contributed by atoms with van der Waals surface area (Å²) in [7, 11) is -4.01. The van der Waals surface area contributed by atoms with Gasteiger partial charge in [-0.3, -0.25) is 15.5 Å². The largest absolute Gasteiger partial charge is 0.295 e. The van der Waals surface area contributed by atoms with Crippen LogP contribution in [0.5, 0.6) is 0 Å². The Hall–Kier alpha value is -2.26. The fraction of sp³-hybridized carbons (Fsp3) is 0.438. The van der Waals surface area contributed by atoms with E-state index in [-0.39, 0.29) is 16.0 Å². The van der Waals surface area contributed by atoms with Crippen LogP contribution >= 0.6 is 0 Å². The van der Waals surface area contributed by atoms with E-state index < -0.39 is 20.6 Å².